The Hall–Kier alpha value is -7.73. The molecule has 12 heteroatoms. The van der Waals surface area contributed by atoms with Crippen molar-refractivity contribution in [3.8, 4) is 50.6 Å². The monoisotopic (exact) mass is 1100 g/mol. The van der Waals surface area contributed by atoms with Gasteiger partial charge in [-0.25, -0.2) is 0 Å². The largest absolute Gasteiger partial charge is 0.573 e. The number of rotatable bonds is 20. The van der Waals surface area contributed by atoms with Crippen molar-refractivity contribution in [1.29, 1.82) is 0 Å². The summed E-state index contributed by atoms with van der Waals surface area (Å²) in [7, 11) is 0. The summed E-state index contributed by atoms with van der Waals surface area (Å²) in [6, 6.07) is 55.5. The Morgan fingerprint density at radius 2 is 0.575 bits per heavy atom. The van der Waals surface area contributed by atoms with E-state index in [0.717, 1.165) is 80.6 Å². The summed E-state index contributed by atoms with van der Waals surface area (Å²) in [6.07, 6.45) is 3.36. The van der Waals surface area contributed by atoms with Gasteiger partial charge in [-0.2, -0.15) is 0 Å². The van der Waals surface area contributed by atoms with Crippen LogP contribution in [0.3, 0.4) is 0 Å². The fraction of sp³-hybridized carbons (Fsp3) is 0.265. The molecule has 0 aliphatic carbocycles. The lowest BCUT2D eigenvalue weighted by molar-refractivity contribution is -0.275. The molecule has 0 atom stereocenters. The van der Waals surface area contributed by atoms with Crippen molar-refractivity contribution in [3.05, 3.63) is 211 Å². The Kier molecular flexibility index (Phi) is 21.3. The number of aryl methyl sites for hydroxylation is 3. The Morgan fingerprint density at radius 3 is 0.875 bits per heavy atom. The summed E-state index contributed by atoms with van der Waals surface area (Å²) in [5.41, 5.74) is 9.40. The van der Waals surface area contributed by atoms with E-state index in [4.69, 9.17) is 0 Å². The molecule has 9 rings (SSSR count). The number of halogens is 9. The first-order valence-electron chi connectivity index (χ1n) is 27.1. The maximum atomic E-state index is 12.3. The predicted octanol–water partition coefficient (Wildman–Crippen LogP) is 22.0. The second kappa shape index (κ2) is 28.4. The van der Waals surface area contributed by atoms with Crippen LogP contribution in [0, 0.1) is 0 Å². The fourth-order valence-electron chi connectivity index (χ4n) is 9.40. The van der Waals surface area contributed by atoms with Crippen molar-refractivity contribution in [3.63, 3.8) is 0 Å². The van der Waals surface area contributed by atoms with E-state index in [9.17, 15) is 39.5 Å². The first-order valence-corrected chi connectivity index (χ1v) is 27.1. The summed E-state index contributed by atoms with van der Waals surface area (Å²) in [4.78, 5) is 0. The lowest BCUT2D eigenvalue weighted by Crippen LogP contribution is -2.16. The molecule has 0 heterocycles. The summed E-state index contributed by atoms with van der Waals surface area (Å²) >= 11 is 0. The van der Waals surface area contributed by atoms with Gasteiger partial charge in [0.15, 0.2) is 0 Å². The number of alkyl halides is 9. The highest BCUT2D eigenvalue weighted by atomic mass is 19.4. The highest BCUT2D eigenvalue weighted by Crippen LogP contribution is 2.33. The molecule has 9 aromatic rings. The maximum absolute atomic E-state index is 12.3. The average molecular weight is 1100 g/mol. The third-order valence-corrected chi connectivity index (χ3v) is 13.5. The van der Waals surface area contributed by atoms with Gasteiger partial charge in [0.05, 0.1) is 0 Å². The molecule has 3 nitrogen and oxygen atoms in total. The quantitative estimate of drug-likeness (QED) is 0.0432. The van der Waals surface area contributed by atoms with Crippen LogP contribution in [-0.2, 0) is 19.3 Å². The van der Waals surface area contributed by atoms with E-state index in [1.165, 1.54) is 122 Å². The zero-order valence-corrected chi connectivity index (χ0v) is 44.9. The number of ether oxygens (including phenoxy) is 3. The Morgan fingerprint density at radius 1 is 0.312 bits per heavy atom. The molecule has 0 N–H and O–H groups in total. The molecular weight excluding hydrogens is 1040 g/mol. The Labute approximate surface area is 462 Å². The van der Waals surface area contributed by atoms with Gasteiger partial charge in [0, 0.05) is 0 Å². The van der Waals surface area contributed by atoms with Crippen LogP contribution >= 0.6 is 0 Å². The van der Waals surface area contributed by atoms with Crippen LogP contribution in [0.15, 0.2) is 195 Å². The van der Waals surface area contributed by atoms with Crippen LogP contribution in [0.4, 0.5) is 39.5 Å². The van der Waals surface area contributed by atoms with Crippen molar-refractivity contribution in [2.75, 3.05) is 0 Å². The zero-order valence-electron chi connectivity index (χ0n) is 44.9. The standard InChI is InChI=1S/C24H25F3O.C23H23F3O.C21H17F3O/c1-2-3-4-5-6-7-18-8-9-22-17-21(11-10-20(22)16-18)19-12-14-23(15-13-19)28-24(25,26)27;1-2-3-4-5-6-17-7-8-21-16-20(10-9-19(21)15-17)18-11-13-22(14-12-18)27-23(24,25)26;1-2-3-4-15-5-6-19-14-18(8-7-17(19)13-15)16-9-11-20(12-10-16)25-21(22,23)24/h8-17H,2-7H2,1H3;7-16H,2-6H2,1H3;2,5-14H,1,3-4H2. The highest BCUT2D eigenvalue weighted by Gasteiger charge is 2.32. The molecule has 0 aliphatic heterocycles. The molecule has 0 radical (unpaired) electrons. The minimum Gasteiger partial charge on any atom is -0.406 e. The van der Waals surface area contributed by atoms with Gasteiger partial charge in [0.25, 0.3) is 0 Å². The van der Waals surface area contributed by atoms with Crippen LogP contribution in [0.2, 0.25) is 0 Å². The Bertz CT molecular complexity index is 3380. The van der Waals surface area contributed by atoms with E-state index in [1.807, 2.05) is 36.4 Å². The molecular formula is C68H65F9O3. The lowest BCUT2D eigenvalue weighted by Gasteiger charge is -2.10. The number of hydrogen-bond acceptors (Lipinski definition) is 3. The van der Waals surface area contributed by atoms with Crippen LogP contribution in [-0.4, -0.2) is 19.1 Å². The minimum absolute atomic E-state index is 0.208. The molecule has 0 fully saturated rings. The van der Waals surface area contributed by atoms with E-state index in [2.05, 4.69) is 113 Å². The minimum atomic E-state index is -4.67. The molecule has 0 aliphatic rings. The van der Waals surface area contributed by atoms with Gasteiger partial charge in [-0.15, -0.1) is 46.1 Å². The van der Waals surface area contributed by atoms with Crippen LogP contribution in [0.25, 0.3) is 65.7 Å². The van der Waals surface area contributed by atoms with Crippen molar-refractivity contribution in [2.24, 2.45) is 0 Å². The first kappa shape index (κ1) is 59.9. The van der Waals surface area contributed by atoms with Crippen molar-refractivity contribution >= 4 is 32.3 Å². The van der Waals surface area contributed by atoms with Crippen molar-refractivity contribution in [2.45, 2.75) is 116 Å². The van der Waals surface area contributed by atoms with Gasteiger partial charge >= 0.3 is 19.1 Å². The van der Waals surface area contributed by atoms with Crippen LogP contribution < -0.4 is 14.2 Å². The normalized spacial score (nSPS) is 11.6. The molecule has 0 bridgehead atoms. The molecule has 418 valence electrons. The van der Waals surface area contributed by atoms with E-state index >= 15 is 0 Å². The average Bonchev–Trinajstić information content (AvgIpc) is 3.43. The van der Waals surface area contributed by atoms with Gasteiger partial charge in [-0.05, 0) is 176 Å². The van der Waals surface area contributed by atoms with E-state index in [-0.39, 0.29) is 17.2 Å². The number of unbranched alkanes of at least 4 members (excludes halogenated alkanes) is 7. The number of benzene rings is 9. The summed E-state index contributed by atoms with van der Waals surface area (Å²) in [5, 5.41) is 6.86. The second-order valence-electron chi connectivity index (χ2n) is 19.7. The highest BCUT2D eigenvalue weighted by molar-refractivity contribution is 5.90. The summed E-state index contributed by atoms with van der Waals surface area (Å²) in [6.45, 7) is 8.17. The van der Waals surface area contributed by atoms with E-state index in [0.29, 0.717) is 0 Å². The molecule has 0 amide bonds. The van der Waals surface area contributed by atoms with Gasteiger partial charge in [-0.1, -0.05) is 192 Å². The van der Waals surface area contributed by atoms with Crippen molar-refractivity contribution in [1.82, 2.24) is 0 Å². The summed E-state index contributed by atoms with van der Waals surface area (Å²) in [5.74, 6) is -0.635. The van der Waals surface area contributed by atoms with Crippen LogP contribution in [0.5, 0.6) is 17.2 Å². The predicted molar refractivity (Wildman–Crippen MR) is 307 cm³/mol. The second-order valence-corrected chi connectivity index (χ2v) is 19.7. The molecule has 0 unspecified atom stereocenters. The molecule has 0 aromatic heterocycles. The maximum Gasteiger partial charge on any atom is 0.573 e. The first-order chi connectivity index (χ1) is 38.3. The molecule has 9 aromatic carbocycles. The van der Waals surface area contributed by atoms with E-state index in [1.54, 1.807) is 36.4 Å². The smallest absolute Gasteiger partial charge is 0.406 e. The molecule has 0 saturated carbocycles. The van der Waals surface area contributed by atoms with Gasteiger partial charge in [0.2, 0.25) is 0 Å². The number of allylic oxidation sites excluding steroid dienone is 1. The summed E-state index contributed by atoms with van der Waals surface area (Å²) < 4.78 is 122. The zero-order chi connectivity index (χ0) is 57.1. The Balaban J connectivity index is 0.000000174. The van der Waals surface area contributed by atoms with Gasteiger partial charge in [-0.3, -0.25) is 0 Å². The van der Waals surface area contributed by atoms with Gasteiger partial charge < -0.3 is 14.2 Å². The third kappa shape index (κ3) is 19.3. The number of hydrogen-bond donors (Lipinski definition) is 0. The fourth-order valence-corrected chi connectivity index (χ4v) is 9.40. The van der Waals surface area contributed by atoms with E-state index < -0.39 is 19.1 Å². The molecule has 80 heavy (non-hydrogen) atoms. The molecule has 0 saturated heterocycles. The number of fused-ring (bicyclic) bond motifs is 3. The third-order valence-electron chi connectivity index (χ3n) is 13.5. The SMILES string of the molecule is C=CCCc1ccc2cc(-c3ccc(OC(F)(F)F)cc3)ccc2c1.CCCCCCCc1ccc2cc(-c3ccc(OC(F)(F)F)cc3)ccc2c1.CCCCCCc1ccc2cc(-c3ccc(OC(F)(F)F)cc3)ccc2c1. The molecule has 0 spiro atoms. The van der Waals surface area contributed by atoms with Crippen LogP contribution in [0.1, 0.15) is 94.7 Å². The topological polar surface area (TPSA) is 27.7 Å². The lowest BCUT2D eigenvalue weighted by atomic mass is 9.98. The van der Waals surface area contributed by atoms with Gasteiger partial charge in [0.1, 0.15) is 17.2 Å². The van der Waals surface area contributed by atoms with Crippen molar-refractivity contribution < 1.29 is 53.7 Å².